The maximum atomic E-state index is 13.5. The predicted molar refractivity (Wildman–Crippen MR) is 66.2 cm³/mol. The Morgan fingerprint density at radius 3 is 2.61 bits per heavy atom. The molecule has 100 valence electrons. The summed E-state index contributed by atoms with van der Waals surface area (Å²) in [5.41, 5.74) is 0. The number of nitrogens with one attached hydrogen (secondary N) is 1. The molecule has 0 aliphatic carbocycles. The average molecular weight is 294 g/mol. The maximum Gasteiger partial charge on any atom is 0.266 e. The Morgan fingerprint density at radius 2 is 2.11 bits per heavy atom. The minimum Gasteiger partial charge on any atom is -0.274 e. The van der Waals surface area contributed by atoms with Crippen molar-refractivity contribution in [2.45, 2.75) is 25.2 Å². The molecule has 0 aliphatic rings. The van der Waals surface area contributed by atoms with E-state index in [2.05, 4.69) is 0 Å². The third-order valence-electron chi connectivity index (χ3n) is 2.48. The molecule has 1 amide bonds. The van der Waals surface area contributed by atoms with Gasteiger partial charge in [0.1, 0.15) is 10.7 Å². The van der Waals surface area contributed by atoms with Crippen molar-refractivity contribution in [3.8, 4) is 0 Å². The summed E-state index contributed by atoms with van der Waals surface area (Å²) in [5, 5.41) is 0.0831. The van der Waals surface area contributed by atoms with Crippen molar-refractivity contribution in [2.24, 2.45) is 5.92 Å². The van der Waals surface area contributed by atoms with E-state index in [1.165, 1.54) is 6.07 Å². The average Bonchev–Trinajstić information content (AvgIpc) is 2.26. The van der Waals surface area contributed by atoms with E-state index >= 15 is 0 Å². The van der Waals surface area contributed by atoms with Crippen molar-refractivity contribution < 1.29 is 17.6 Å². The number of carbonyl (C=O) groups is 1. The van der Waals surface area contributed by atoms with E-state index in [1.54, 1.807) is 13.8 Å². The van der Waals surface area contributed by atoms with Gasteiger partial charge in [0.05, 0.1) is 0 Å². The van der Waals surface area contributed by atoms with Crippen LogP contribution in [0.1, 0.15) is 20.3 Å². The highest BCUT2D eigenvalue weighted by Gasteiger charge is 2.23. The molecule has 1 rings (SSSR count). The van der Waals surface area contributed by atoms with Gasteiger partial charge in [0, 0.05) is 10.9 Å². The number of rotatable bonds is 4. The fourth-order valence-electron chi connectivity index (χ4n) is 1.17. The molecule has 0 spiro atoms. The highest BCUT2D eigenvalue weighted by Crippen LogP contribution is 2.19. The summed E-state index contributed by atoms with van der Waals surface area (Å²) in [5.74, 6) is -2.12. The van der Waals surface area contributed by atoms with Crippen LogP contribution in [0.25, 0.3) is 0 Å². The summed E-state index contributed by atoms with van der Waals surface area (Å²) in [6.07, 6.45) is 0.491. The molecule has 0 bridgehead atoms. The second-order valence-corrected chi connectivity index (χ2v) is 5.94. The molecule has 0 aliphatic heterocycles. The smallest absolute Gasteiger partial charge is 0.266 e. The molecular formula is C11H13ClFNO3S. The number of halogens is 2. The second-order valence-electron chi connectivity index (χ2n) is 3.85. The highest BCUT2D eigenvalue weighted by molar-refractivity contribution is 7.90. The first-order valence-corrected chi connectivity index (χ1v) is 7.15. The van der Waals surface area contributed by atoms with Gasteiger partial charge in [0.15, 0.2) is 0 Å². The Morgan fingerprint density at radius 1 is 1.50 bits per heavy atom. The predicted octanol–water partition coefficient (Wildman–Crippen LogP) is 2.33. The van der Waals surface area contributed by atoms with Crippen LogP contribution in [-0.2, 0) is 14.8 Å². The van der Waals surface area contributed by atoms with Gasteiger partial charge in [-0.3, -0.25) is 4.79 Å². The minimum absolute atomic E-state index is 0.0831. The van der Waals surface area contributed by atoms with Gasteiger partial charge in [-0.1, -0.05) is 25.4 Å². The molecule has 0 fully saturated rings. The van der Waals surface area contributed by atoms with Gasteiger partial charge in [-0.15, -0.1) is 0 Å². The Hall–Kier alpha value is -1.14. The van der Waals surface area contributed by atoms with Crippen molar-refractivity contribution >= 4 is 27.5 Å². The lowest BCUT2D eigenvalue weighted by molar-refractivity contribution is -0.122. The Bertz CT molecular complexity index is 559. The largest absolute Gasteiger partial charge is 0.274 e. The van der Waals surface area contributed by atoms with Crippen LogP contribution < -0.4 is 4.72 Å². The molecule has 1 atom stereocenters. The summed E-state index contributed by atoms with van der Waals surface area (Å²) >= 11 is 5.52. The van der Waals surface area contributed by atoms with Crippen molar-refractivity contribution in [3.05, 3.63) is 29.0 Å². The minimum atomic E-state index is -4.20. The van der Waals surface area contributed by atoms with Gasteiger partial charge in [-0.25, -0.2) is 17.5 Å². The molecule has 1 N–H and O–H groups in total. The topological polar surface area (TPSA) is 63.2 Å². The van der Waals surface area contributed by atoms with Crippen molar-refractivity contribution in [1.29, 1.82) is 0 Å². The Kier molecular flexibility index (Phi) is 4.70. The van der Waals surface area contributed by atoms with E-state index < -0.39 is 32.6 Å². The lowest BCUT2D eigenvalue weighted by Gasteiger charge is -2.11. The van der Waals surface area contributed by atoms with Gasteiger partial charge in [-0.2, -0.15) is 0 Å². The SMILES string of the molecule is CC[C@@H](C)C(=O)NS(=O)(=O)c1ccc(Cl)cc1F. The van der Waals surface area contributed by atoms with Crippen molar-refractivity contribution in [3.63, 3.8) is 0 Å². The van der Waals surface area contributed by atoms with E-state index in [0.717, 1.165) is 12.1 Å². The van der Waals surface area contributed by atoms with E-state index in [9.17, 15) is 17.6 Å². The molecule has 0 radical (unpaired) electrons. The molecular weight excluding hydrogens is 281 g/mol. The standard InChI is InChI=1S/C11H13ClFNO3S/c1-3-7(2)11(15)14-18(16,17)10-5-4-8(12)6-9(10)13/h4-7H,3H2,1-2H3,(H,14,15)/t7-/m1/s1. The zero-order chi connectivity index (χ0) is 13.9. The summed E-state index contributed by atoms with van der Waals surface area (Å²) in [4.78, 5) is 10.9. The second kappa shape index (κ2) is 5.67. The fraction of sp³-hybridized carbons (Fsp3) is 0.364. The van der Waals surface area contributed by atoms with Crippen LogP contribution in [0.3, 0.4) is 0 Å². The van der Waals surface area contributed by atoms with Crippen LogP contribution in [0.4, 0.5) is 4.39 Å². The fourth-order valence-corrected chi connectivity index (χ4v) is 2.46. The zero-order valence-electron chi connectivity index (χ0n) is 9.91. The lowest BCUT2D eigenvalue weighted by atomic mass is 10.1. The quantitative estimate of drug-likeness (QED) is 0.927. The van der Waals surface area contributed by atoms with Crippen LogP contribution >= 0.6 is 11.6 Å². The number of sulfonamides is 1. The number of amides is 1. The molecule has 0 saturated heterocycles. The normalized spacial score (nSPS) is 13.1. The molecule has 0 heterocycles. The van der Waals surface area contributed by atoms with Crippen LogP contribution in [0.2, 0.25) is 5.02 Å². The molecule has 1 aromatic rings. The first kappa shape index (κ1) is 14.9. The highest BCUT2D eigenvalue weighted by atomic mass is 35.5. The number of hydrogen-bond acceptors (Lipinski definition) is 3. The maximum absolute atomic E-state index is 13.5. The third-order valence-corrected chi connectivity index (χ3v) is 4.09. The number of carbonyl (C=O) groups excluding carboxylic acids is 1. The van der Waals surface area contributed by atoms with Crippen LogP contribution in [0.15, 0.2) is 23.1 Å². The van der Waals surface area contributed by atoms with Crippen LogP contribution in [0, 0.1) is 11.7 Å². The molecule has 1 aromatic carbocycles. The first-order valence-electron chi connectivity index (χ1n) is 5.29. The van der Waals surface area contributed by atoms with E-state index in [0.29, 0.717) is 6.42 Å². The van der Waals surface area contributed by atoms with Gasteiger partial charge >= 0.3 is 0 Å². The monoisotopic (exact) mass is 293 g/mol. The lowest BCUT2D eigenvalue weighted by Crippen LogP contribution is -2.34. The van der Waals surface area contributed by atoms with Crippen molar-refractivity contribution in [2.75, 3.05) is 0 Å². The van der Waals surface area contributed by atoms with Gasteiger partial charge in [0.2, 0.25) is 5.91 Å². The summed E-state index contributed by atoms with van der Waals surface area (Å²) in [6, 6.07) is 3.14. The van der Waals surface area contributed by atoms with E-state index in [1.807, 2.05) is 4.72 Å². The number of benzene rings is 1. The van der Waals surface area contributed by atoms with Crippen LogP contribution in [0.5, 0.6) is 0 Å². The van der Waals surface area contributed by atoms with Gasteiger partial charge in [-0.05, 0) is 24.6 Å². The molecule has 18 heavy (non-hydrogen) atoms. The van der Waals surface area contributed by atoms with Gasteiger partial charge < -0.3 is 0 Å². The third kappa shape index (κ3) is 3.43. The Labute approximate surface area is 110 Å². The summed E-state index contributed by atoms with van der Waals surface area (Å²) < 4.78 is 38.9. The first-order chi connectivity index (χ1) is 8.27. The van der Waals surface area contributed by atoms with E-state index in [-0.39, 0.29) is 5.02 Å². The molecule has 0 saturated carbocycles. The Balaban J connectivity index is 3.04. The zero-order valence-corrected chi connectivity index (χ0v) is 11.5. The van der Waals surface area contributed by atoms with Crippen molar-refractivity contribution in [1.82, 2.24) is 4.72 Å². The van der Waals surface area contributed by atoms with Crippen LogP contribution in [-0.4, -0.2) is 14.3 Å². The summed E-state index contributed by atoms with van der Waals surface area (Å²) in [7, 11) is -4.20. The van der Waals surface area contributed by atoms with Gasteiger partial charge in [0.25, 0.3) is 10.0 Å². The molecule has 0 aromatic heterocycles. The number of hydrogen-bond donors (Lipinski definition) is 1. The molecule has 7 heteroatoms. The van der Waals surface area contributed by atoms with E-state index in [4.69, 9.17) is 11.6 Å². The molecule has 0 unspecified atom stereocenters. The summed E-state index contributed by atoms with van der Waals surface area (Å²) in [6.45, 7) is 3.34. The molecule has 4 nitrogen and oxygen atoms in total.